The van der Waals surface area contributed by atoms with Crippen LogP contribution in [-0.4, -0.2) is 30.2 Å². The second kappa shape index (κ2) is 4.28. The maximum absolute atomic E-state index is 11.6. The summed E-state index contributed by atoms with van der Waals surface area (Å²) in [5.41, 5.74) is 5.34. The summed E-state index contributed by atoms with van der Waals surface area (Å²) in [4.78, 5) is 11.6. The summed E-state index contributed by atoms with van der Waals surface area (Å²) in [6.07, 6.45) is 2.04. The fraction of sp³-hybridized carbons (Fsp3) is 0.900. The lowest BCUT2D eigenvalue weighted by Crippen LogP contribution is -2.49. The summed E-state index contributed by atoms with van der Waals surface area (Å²) in [5.74, 6) is -0.308. The van der Waals surface area contributed by atoms with Crippen LogP contribution >= 0.6 is 0 Å². The average Bonchev–Trinajstić information content (AvgIpc) is 2.51. The third-order valence-corrected chi connectivity index (χ3v) is 2.21. The second-order valence-corrected chi connectivity index (χ2v) is 4.76. The van der Waals surface area contributed by atoms with Gasteiger partial charge < -0.3 is 15.8 Å². The molecule has 0 aromatic rings. The third-order valence-electron chi connectivity index (χ3n) is 2.21. The lowest BCUT2D eigenvalue weighted by molar-refractivity contribution is -0.157. The maximum atomic E-state index is 11.6. The van der Waals surface area contributed by atoms with Crippen molar-refractivity contribution in [2.75, 3.05) is 6.54 Å². The molecule has 0 saturated carbocycles. The molecule has 14 heavy (non-hydrogen) atoms. The lowest BCUT2D eigenvalue weighted by Gasteiger charge is -2.24. The van der Waals surface area contributed by atoms with Crippen molar-refractivity contribution in [3.63, 3.8) is 0 Å². The van der Waals surface area contributed by atoms with Gasteiger partial charge in [0.15, 0.2) is 0 Å². The van der Waals surface area contributed by atoms with Crippen molar-refractivity contribution in [3.05, 3.63) is 0 Å². The fourth-order valence-electron chi connectivity index (χ4n) is 1.55. The Kier molecular flexibility index (Phi) is 3.50. The van der Waals surface area contributed by atoms with Gasteiger partial charge in [0.25, 0.3) is 0 Å². The molecule has 1 rings (SSSR count). The van der Waals surface area contributed by atoms with Crippen molar-refractivity contribution in [1.29, 1.82) is 0 Å². The van der Waals surface area contributed by atoms with E-state index in [1.54, 1.807) is 0 Å². The molecule has 0 bridgehead atoms. The molecule has 0 aliphatic carbocycles. The molecule has 82 valence electrons. The Balaban J connectivity index is 2.43. The van der Waals surface area contributed by atoms with Gasteiger partial charge in [-0.05, 0) is 40.2 Å². The number of hydrogen-bond donors (Lipinski definition) is 2. The highest BCUT2D eigenvalue weighted by molar-refractivity contribution is 5.76. The highest BCUT2D eigenvalue weighted by atomic mass is 16.6. The predicted octanol–water partition coefficient (Wildman–Crippen LogP) is 0.407. The van der Waals surface area contributed by atoms with Gasteiger partial charge in [-0.1, -0.05) is 0 Å². The van der Waals surface area contributed by atoms with Gasteiger partial charge in [-0.15, -0.1) is 0 Å². The molecule has 4 nitrogen and oxygen atoms in total. The van der Waals surface area contributed by atoms with Crippen LogP contribution in [0.4, 0.5) is 0 Å². The molecular formula is C10H20N2O2. The van der Waals surface area contributed by atoms with Gasteiger partial charge in [0, 0.05) is 6.04 Å². The summed E-state index contributed by atoms with van der Waals surface area (Å²) in [6, 6.07) is -0.443. The van der Waals surface area contributed by atoms with E-state index < -0.39 is 11.6 Å². The smallest absolute Gasteiger partial charge is 0.325 e. The number of esters is 1. The largest absolute Gasteiger partial charge is 0.459 e. The normalized spacial score (nSPS) is 24.7. The number of rotatable bonds is 2. The molecule has 1 heterocycles. The quantitative estimate of drug-likeness (QED) is 0.634. The van der Waals surface area contributed by atoms with Gasteiger partial charge in [0.2, 0.25) is 0 Å². The van der Waals surface area contributed by atoms with E-state index in [4.69, 9.17) is 10.5 Å². The molecular weight excluding hydrogens is 180 g/mol. The van der Waals surface area contributed by atoms with Crippen molar-refractivity contribution >= 4 is 5.97 Å². The van der Waals surface area contributed by atoms with E-state index in [2.05, 4.69) is 5.32 Å². The first kappa shape index (κ1) is 11.5. The lowest BCUT2D eigenvalue weighted by atomic mass is 10.1. The molecule has 3 N–H and O–H groups in total. The first-order valence-corrected chi connectivity index (χ1v) is 5.12. The van der Waals surface area contributed by atoms with E-state index in [9.17, 15) is 4.79 Å². The van der Waals surface area contributed by atoms with Gasteiger partial charge in [-0.25, -0.2) is 0 Å². The highest BCUT2D eigenvalue weighted by Crippen LogP contribution is 2.13. The standard InChI is InChI=1S/C10H20N2O2/c1-10(2,3)14-9(13)8(11)7-5-4-6-12-7/h7-8,12H,4-6,11H2,1-3H3/t7-,8-/m1/s1. The second-order valence-electron chi connectivity index (χ2n) is 4.76. The van der Waals surface area contributed by atoms with Crippen molar-refractivity contribution in [2.45, 2.75) is 51.3 Å². The minimum Gasteiger partial charge on any atom is -0.459 e. The van der Waals surface area contributed by atoms with E-state index in [0.717, 1.165) is 19.4 Å². The van der Waals surface area contributed by atoms with Crippen LogP contribution in [0.2, 0.25) is 0 Å². The maximum Gasteiger partial charge on any atom is 0.325 e. The van der Waals surface area contributed by atoms with Crippen molar-refractivity contribution in [2.24, 2.45) is 5.73 Å². The fourth-order valence-corrected chi connectivity index (χ4v) is 1.55. The minimum atomic E-state index is -0.531. The Bertz CT molecular complexity index is 205. The van der Waals surface area contributed by atoms with E-state index in [0.29, 0.717) is 0 Å². The minimum absolute atomic E-state index is 0.0878. The number of carbonyl (C=O) groups is 1. The van der Waals surface area contributed by atoms with Crippen LogP contribution in [-0.2, 0) is 9.53 Å². The van der Waals surface area contributed by atoms with Crippen LogP contribution in [0.15, 0.2) is 0 Å². The van der Waals surface area contributed by atoms with E-state index >= 15 is 0 Å². The molecule has 0 amide bonds. The molecule has 0 spiro atoms. The molecule has 0 radical (unpaired) electrons. The monoisotopic (exact) mass is 200 g/mol. The van der Waals surface area contributed by atoms with Crippen LogP contribution in [0.3, 0.4) is 0 Å². The number of nitrogens with one attached hydrogen (secondary N) is 1. The summed E-state index contributed by atoms with van der Waals surface area (Å²) in [6.45, 7) is 6.49. The van der Waals surface area contributed by atoms with Crippen LogP contribution in [0.5, 0.6) is 0 Å². The molecule has 1 saturated heterocycles. The molecule has 0 aromatic carbocycles. The third kappa shape index (κ3) is 3.27. The van der Waals surface area contributed by atoms with E-state index in [1.807, 2.05) is 20.8 Å². The van der Waals surface area contributed by atoms with Gasteiger partial charge in [-0.2, -0.15) is 0 Å². The van der Waals surface area contributed by atoms with Crippen LogP contribution in [0.25, 0.3) is 0 Å². The van der Waals surface area contributed by atoms with Gasteiger partial charge in [0.1, 0.15) is 11.6 Å². The zero-order valence-electron chi connectivity index (χ0n) is 9.17. The number of carbonyl (C=O) groups excluding carboxylic acids is 1. The first-order chi connectivity index (χ1) is 6.40. The Morgan fingerprint density at radius 3 is 2.64 bits per heavy atom. The predicted molar refractivity (Wildman–Crippen MR) is 54.8 cm³/mol. The van der Waals surface area contributed by atoms with Crippen LogP contribution < -0.4 is 11.1 Å². The molecule has 0 unspecified atom stereocenters. The van der Waals surface area contributed by atoms with Gasteiger partial charge in [0.05, 0.1) is 0 Å². The Morgan fingerprint density at radius 1 is 1.57 bits per heavy atom. The topological polar surface area (TPSA) is 64.3 Å². The van der Waals surface area contributed by atoms with Crippen LogP contribution in [0, 0.1) is 0 Å². The molecule has 1 aliphatic heterocycles. The van der Waals surface area contributed by atoms with Crippen molar-refractivity contribution in [3.8, 4) is 0 Å². The van der Waals surface area contributed by atoms with E-state index in [1.165, 1.54) is 0 Å². The molecule has 1 fully saturated rings. The van der Waals surface area contributed by atoms with Gasteiger partial charge in [-0.3, -0.25) is 4.79 Å². The zero-order valence-corrected chi connectivity index (χ0v) is 9.17. The molecule has 4 heteroatoms. The summed E-state index contributed by atoms with van der Waals surface area (Å²) >= 11 is 0. The average molecular weight is 200 g/mol. The molecule has 0 aromatic heterocycles. The summed E-state index contributed by atoms with van der Waals surface area (Å²) < 4.78 is 5.21. The van der Waals surface area contributed by atoms with E-state index in [-0.39, 0.29) is 12.0 Å². The van der Waals surface area contributed by atoms with Gasteiger partial charge >= 0.3 is 5.97 Å². The SMILES string of the molecule is CC(C)(C)OC(=O)[C@H](N)[C@H]1CCCN1. The van der Waals surface area contributed by atoms with Crippen molar-refractivity contribution < 1.29 is 9.53 Å². The summed E-state index contributed by atoms with van der Waals surface area (Å²) in [7, 11) is 0. The Labute approximate surface area is 85.2 Å². The zero-order chi connectivity index (χ0) is 10.8. The number of nitrogens with two attached hydrogens (primary N) is 1. The summed E-state index contributed by atoms with van der Waals surface area (Å²) in [5, 5.41) is 3.20. The highest BCUT2D eigenvalue weighted by Gasteiger charge is 2.30. The Hall–Kier alpha value is -0.610. The Morgan fingerprint density at radius 2 is 2.21 bits per heavy atom. The number of hydrogen-bond acceptors (Lipinski definition) is 4. The molecule has 1 aliphatic rings. The van der Waals surface area contributed by atoms with Crippen molar-refractivity contribution in [1.82, 2.24) is 5.32 Å². The molecule has 2 atom stereocenters. The number of ether oxygens (including phenoxy) is 1. The van der Waals surface area contributed by atoms with Crippen LogP contribution in [0.1, 0.15) is 33.6 Å². The first-order valence-electron chi connectivity index (χ1n) is 5.12.